The van der Waals surface area contributed by atoms with Crippen molar-refractivity contribution in [2.24, 2.45) is 0 Å². The van der Waals surface area contributed by atoms with Gasteiger partial charge in [-0.3, -0.25) is 0 Å². The summed E-state index contributed by atoms with van der Waals surface area (Å²) in [5, 5.41) is 0.530. The largest absolute Gasteiger partial charge is 0.380 e. The van der Waals surface area contributed by atoms with Crippen molar-refractivity contribution in [2.45, 2.75) is 57.9 Å². The molecule has 0 fully saturated rings. The van der Waals surface area contributed by atoms with Crippen LogP contribution in [0, 0.1) is 13.8 Å². The third-order valence-electron chi connectivity index (χ3n) is 6.90. The Morgan fingerprint density at radius 2 is 1.34 bits per heavy atom. The number of unbranched alkanes of at least 4 members (excludes halogenated alkanes) is 1. The molecule has 0 aliphatic heterocycles. The van der Waals surface area contributed by atoms with Gasteiger partial charge in [0.1, 0.15) is 0 Å². The van der Waals surface area contributed by atoms with Crippen LogP contribution in [0.25, 0.3) is 32.1 Å². The van der Waals surface area contributed by atoms with Crippen molar-refractivity contribution in [3.05, 3.63) is 70.2 Å². The number of thiophene rings is 1. The highest BCUT2D eigenvalue weighted by atomic mass is 32.1. The molecule has 35 heavy (non-hydrogen) atoms. The van der Waals surface area contributed by atoms with Crippen molar-refractivity contribution in [3.63, 3.8) is 0 Å². The standard InChI is InChI=1S/C27H23F6NS/c1-4-5-14-34-15(2)21(17-10-6-8-12-19(17)34)23-24(26(30,31)27(32,33)25(23,28)29)22-16(3)35-20-13-9-7-11-18(20)22/h6-13H,4-5,14H2,1-3H3. The summed E-state index contributed by atoms with van der Waals surface area (Å²) >= 11 is 1.13. The minimum atomic E-state index is -5.58. The van der Waals surface area contributed by atoms with Gasteiger partial charge in [0.2, 0.25) is 0 Å². The second-order valence-electron chi connectivity index (χ2n) is 8.99. The number of aryl methyl sites for hydroxylation is 2. The Labute approximate surface area is 202 Å². The summed E-state index contributed by atoms with van der Waals surface area (Å²) in [5.41, 5.74) is -2.18. The molecule has 184 valence electrons. The number of hydrogen-bond donors (Lipinski definition) is 0. The van der Waals surface area contributed by atoms with Gasteiger partial charge in [-0.2, -0.15) is 26.3 Å². The fraction of sp³-hybridized carbons (Fsp3) is 0.333. The Kier molecular flexibility index (Phi) is 5.40. The first-order chi connectivity index (χ1) is 16.5. The zero-order valence-electron chi connectivity index (χ0n) is 19.4. The number of benzene rings is 2. The van der Waals surface area contributed by atoms with Crippen molar-refractivity contribution in [3.8, 4) is 0 Å². The van der Waals surface area contributed by atoms with Gasteiger partial charge in [-0.15, -0.1) is 11.3 Å². The van der Waals surface area contributed by atoms with Crippen LogP contribution >= 0.6 is 11.3 Å². The van der Waals surface area contributed by atoms with Gasteiger partial charge in [0.15, 0.2) is 0 Å². The van der Waals surface area contributed by atoms with Crippen LogP contribution in [0.15, 0.2) is 48.5 Å². The summed E-state index contributed by atoms with van der Waals surface area (Å²) in [7, 11) is 0. The molecule has 0 saturated carbocycles. The Bertz CT molecular complexity index is 1490. The third-order valence-corrected chi connectivity index (χ3v) is 7.99. The van der Waals surface area contributed by atoms with E-state index in [2.05, 4.69) is 0 Å². The van der Waals surface area contributed by atoms with E-state index in [1.54, 1.807) is 47.9 Å². The molecule has 1 aliphatic carbocycles. The number of alkyl halides is 6. The number of allylic oxidation sites excluding steroid dienone is 2. The molecular weight excluding hydrogens is 484 g/mol. The molecule has 2 aromatic carbocycles. The predicted molar refractivity (Wildman–Crippen MR) is 130 cm³/mol. The molecule has 0 bridgehead atoms. The van der Waals surface area contributed by atoms with Crippen LogP contribution < -0.4 is 0 Å². The average molecular weight is 508 g/mol. The van der Waals surface area contributed by atoms with E-state index in [4.69, 9.17) is 0 Å². The monoisotopic (exact) mass is 507 g/mol. The van der Waals surface area contributed by atoms with Gasteiger partial charge in [0.05, 0.1) is 0 Å². The molecule has 0 N–H and O–H groups in total. The molecule has 1 aliphatic rings. The smallest absolute Gasteiger partial charge is 0.344 e. The number of aromatic nitrogens is 1. The quantitative estimate of drug-likeness (QED) is 0.237. The van der Waals surface area contributed by atoms with E-state index in [0.29, 0.717) is 21.6 Å². The van der Waals surface area contributed by atoms with E-state index in [1.165, 1.54) is 19.1 Å². The highest BCUT2D eigenvalue weighted by Crippen LogP contribution is 2.66. The van der Waals surface area contributed by atoms with Gasteiger partial charge < -0.3 is 4.57 Å². The van der Waals surface area contributed by atoms with Gasteiger partial charge in [0.25, 0.3) is 0 Å². The highest BCUT2D eigenvalue weighted by Gasteiger charge is 2.80. The third kappa shape index (κ3) is 3.08. The van der Waals surface area contributed by atoms with Crippen molar-refractivity contribution < 1.29 is 26.3 Å². The van der Waals surface area contributed by atoms with Gasteiger partial charge in [0, 0.05) is 60.4 Å². The number of rotatable bonds is 5. The van der Waals surface area contributed by atoms with E-state index in [0.717, 1.165) is 24.2 Å². The zero-order valence-corrected chi connectivity index (χ0v) is 20.2. The van der Waals surface area contributed by atoms with E-state index >= 15 is 26.3 Å². The molecule has 1 nitrogen and oxygen atoms in total. The Hall–Kier alpha value is -2.74. The lowest BCUT2D eigenvalue weighted by atomic mass is 9.91. The fourth-order valence-electron chi connectivity index (χ4n) is 5.22. The minimum absolute atomic E-state index is 0.229. The molecule has 0 unspecified atom stereocenters. The summed E-state index contributed by atoms with van der Waals surface area (Å²) < 4.78 is 94.7. The van der Waals surface area contributed by atoms with Crippen LogP contribution in [0.1, 0.15) is 41.5 Å². The second kappa shape index (κ2) is 7.88. The normalized spacial score (nSPS) is 18.8. The maximum atomic E-state index is 15.6. The minimum Gasteiger partial charge on any atom is -0.344 e. The lowest BCUT2D eigenvalue weighted by Gasteiger charge is -2.26. The molecule has 0 spiro atoms. The topological polar surface area (TPSA) is 4.93 Å². The maximum Gasteiger partial charge on any atom is 0.380 e. The lowest BCUT2D eigenvalue weighted by molar-refractivity contribution is -0.254. The van der Waals surface area contributed by atoms with Crippen LogP contribution in [0.4, 0.5) is 26.3 Å². The molecule has 2 heterocycles. The van der Waals surface area contributed by atoms with Crippen molar-refractivity contribution in [2.75, 3.05) is 0 Å². The van der Waals surface area contributed by atoms with Crippen molar-refractivity contribution >= 4 is 43.5 Å². The van der Waals surface area contributed by atoms with Crippen LogP contribution in [0.2, 0.25) is 0 Å². The van der Waals surface area contributed by atoms with E-state index in [9.17, 15) is 0 Å². The summed E-state index contributed by atoms with van der Waals surface area (Å²) in [6.45, 7) is 5.48. The first-order valence-electron chi connectivity index (χ1n) is 11.4. The predicted octanol–water partition coefficient (Wildman–Crippen LogP) is 9.10. The summed E-state index contributed by atoms with van der Waals surface area (Å²) in [4.78, 5) is 0.291. The van der Waals surface area contributed by atoms with E-state index in [1.807, 2.05) is 6.92 Å². The second-order valence-corrected chi connectivity index (χ2v) is 10.2. The fourth-order valence-corrected chi connectivity index (χ4v) is 6.29. The summed E-state index contributed by atoms with van der Waals surface area (Å²) in [5.74, 6) is -15.7. The van der Waals surface area contributed by atoms with Gasteiger partial charge in [-0.05, 0) is 32.4 Å². The molecule has 0 amide bonds. The van der Waals surface area contributed by atoms with E-state index in [-0.39, 0.29) is 27.6 Å². The van der Waals surface area contributed by atoms with Crippen LogP contribution in [-0.4, -0.2) is 22.3 Å². The number of halogens is 6. The highest BCUT2D eigenvalue weighted by molar-refractivity contribution is 7.19. The van der Waals surface area contributed by atoms with Crippen molar-refractivity contribution in [1.82, 2.24) is 4.57 Å². The molecule has 4 aromatic rings. The molecule has 2 aromatic heterocycles. The zero-order chi connectivity index (χ0) is 25.3. The van der Waals surface area contributed by atoms with Crippen LogP contribution in [0.5, 0.6) is 0 Å². The average Bonchev–Trinajstić information content (AvgIpc) is 3.31. The van der Waals surface area contributed by atoms with Gasteiger partial charge >= 0.3 is 17.8 Å². The summed E-state index contributed by atoms with van der Waals surface area (Å²) in [6, 6.07) is 13.0. The van der Waals surface area contributed by atoms with E-state index < -0.39 is 28.9 Å². The molecular formula is C27H23F6NS. The number of nitrogens with zero attached hydrogens (tertiary/aromatic N) is 1. The molecule has 0 saturated heterocycles. The van der Waals surface area contributed by atoms with Crippen LogP contribution in [-0.2, 0) is 6.54 Å². The molecule has 5 rings (SSSR count). The first-order valence-corrected chi connectivity index (χ1v) is 12.2. The molecule has 0 radical (unpaired) electrons. The molecule has 8 heteroatoms. The Morgan fingerprint density at radius 3 is 2.00 bits per heavy atom. The van der Waals surface area contributed by atoms with Crippen molar-refractivity contribution in [1.29, 1.82) is 0 Å². The van der Waals surface area contributed by atoms with Crippen LogP contribution in [0.3, 0.4) is 0 Å². The number of para-hydroxylation sites is 1. The number of fused-ring (bicyclic) bond motifs is 2. The SMILES string of the molecule is CCCCn1c(C)c(C2=C(c3c(C)sc4ccccc34)C(F)(F)C(F)(F)C2(F)F)c2ccccc21. The van der Waals surface area contributed by atoms with Gasteiger partial charge in [-0.1, -0.05) is 49.7 Å². The molecule has 0 atom stereocenters. The number of hydrogen-bond acceptors (Lipinski definition) is 1. The Morgan fingerprint density at radius 1 is 0.771 bits per heavy atom. The van der Waals surface area contributed by atoms with Gasteiger partial charge in [-0.25, -0.2) is 0 Å². The summed E-state index contributed by atoms with van der Waals surface area (Å²) in [6.07, 6.45) is 1.55. The Balaban J connectivity index is 1.97. The lowest BCUT2D eigenvalue weighted by Crippen LogP contribution is -2.49. The first kappa shape index (κ1) is 24.0. The maximum absolute atomic E-state index is 15.6.